The van der Waals surface area contributed by atoms with Crippen molar-refractivity contribution in [3.63, 3.8) is 0 Å². The summed E-state index contributed by atoms with van der Waals surface area (Å²) in [6.07, 6.45) is -1.25. The number of hydrogen-bond acceptors (Lipinski definition) is 4. The van der Waals surface area contributed by atoms with Crippen molar-refractivity contribution >= 4 is 27.6 Å². The summed E-state index contributed by atoms with van der Waals surface area (Å²) in [4.78, 5) is 7.46. The molecule has 0 aliphatic rings. The summed E-state index contributed by atoms with van der Waals surface area (Å²) in [6.45, 7) is 1.36. The second-order valence-electron chi connectivity index (χ2n) is 2.69. The molecule has 0 saturated heterocycles. The van der Waals surface area contributed by atoms with Crippen LogP contribution in [-0.4, -0.2) is 22.4 Å². The first-order valence-electron chi connectivity index (χ1n) is 3.83. The molecule has 1 rings (SSSR count). The fourth-order valence-electron chi connectivity index (χ4n) is 0.763. The molecule has 0 saturated carbocycles. The predicted molar refractivity (Wildman–Crippen MR) is 53.2 cm³/mol. The lowest BCUT2D eigenvalue weighted by atomic mass is 10.3. The quantitative estimate of drug-likeness (QED) is 0.877. The summed E-state index contributed by atoms with van der Waals surface area (Å²) >= 11 is 3.10. The Morgan fingerprint density at radius 2 is 2.14 bits per heavy atom. The van der Waals surface area contributed by atoms with Gasteiger partial charge in [-0.1, -0.05) is 0 Å². The van der Waals surface area contributed by atoms with Crippen LogP contribution in [0.2, 0.25) is 0 Å². The van der Waals surface area contributed by atoms with E-state index in [0.29, 0.717) is 4.47 Å². The number of nitrogens with one attached hydrogen (secondary N) is 1. The minimum absolute atomic E-state index is 0.212. The summed E-state index contributed by atoms with van der Waals surface area (Å²) in [5.74, 6) is 0.481. The fraction of sp³-hybridized carbons (Fsp3) is 0.429. The average Bonchev–Trinajstić information content (AvgIpc) is 2.12. The van der Waals surface area contributed by atoms with Crippen molar-refractivity contribution in [1.82, 2.24) is 9.97 Å². The van der Waals surface area contributed by atoms with E-state index in [4.69, 9.17) is 5.73 Å². The molecule has 0 aromatic carbocycles. The molecule has 0 amide bonds. The van der Waals surface area contributed by atoms with Gasteiger partial charge in [0.05, 0.1) is 6.04 Å². The van der Waals surface area contributed by atoms with Gasteiger partial charge in [-0.25, -0.2) is 18.7 Å². The van der Waals surface area contributed by atoms with Crippen LogP contribution in [-0.2, 0) is 0 Å². The van der Waals surface area contributed by atoms with Crippen molar-refractivity contribution in [1.29, 1.82) is 0 Å². The second kappa shape index (κ2) is 4.50. The van der Waals surface area contributed by atoms with Gasteiger partial charge in [-0.05, 0) is 22.9 Å². The van der Waals surface area contributed by atoms with Gasteiger partial charge in [-0.2, -0.15) is 0 Å². The highest BCUT2D eigenvalue weighted by Crippen LogP contribution is 2.25. The van der Waals surface area contributed by atoms with E-state index in [1.807, 2.05) is 0 Å². The number of alkyl halides is 2. The van der Waals surface area contributed by atoms with Gasteiger partial charge in [-0.3, -0.25) is 0 Å². The third-order valence-electron chi connectivity index (χ3n) is 1.56. The summed E-state index contributed by atoms with van der Waals surface area (Å²) in [7, 11) is 0. The van der Waals surface area contributed by atoms with Crippen LogP contribution in [0.1, 0.15) is 6.92 Å². The smallest absolute Gasteiger partial charge is 0.258 e. The molecule has 1 heterocycles. The second-order valence-corrected chi connectivity index (χ2v) is 3.48. The molecular formula is C7H9BrF2N4. The Kier molecular flexibility index (Phi) is 3.56. The molecule has 0 spiro atoms. The molecule has 1 aromatic heterocycles. The van der Waals surface area contributed by atoms with Crippen LogP contribution >= 0.6 is 15.9 Å². The van der Waals surface area contributed by atoms with Crippen molar-refractivity contribution in [3.05, 3.63) is 10.8 Å². The van der Waals surface area contributed by atoms with Gasteiger partial charge in [0, 0.05) is 0 Å². The zero-order chi connectivity index (χ0) is 10.7. The Morgan fingerprint density at radius 3 is 2.71 bits per heavy atom. The molecule has 0 radical (unpaired) electrons. The van der Waals surface area contributed by atoms with Crippen LogP contribution in [0.3, 0.4) is 0 Å². The molecule has 0 bridgehead atoms. The summed E-state index contributed by atoms with van der Waals surface area (Å²) in [5.41, 5.74) is 5.45. The molecular weight excluding hydrogens is 258 g/mol. The number of anilines is 2. The third-order valence-corrected chi connectivity index (χ3v) is 2.34. The Labute approximate surface area is 88.1 Å². The van der Waals surface area contributed by atoms with Crippen molar-refractivity contribution in [3.8, 4) is 0 Å². The highest BCUT2D eigenvalue weighted by Gasteiger charge is 2.16. The highest BCUT2D eigenvalue weighted by molar-refractivity contribution is 9.10. The Morgan fingerprint density at radius 1 is 1.50 bits per heavy atom. The molecule has 3 N–H and O–H groups in total. The fourth-order valence-corrected chi connectivity index (χ4v) is 1.08. The summed E-state index contributed by atoms with van der Waals surface area (Å²) in [5, 5.41) is 2.52. The summed E-state index contributed by atoms with van der Waals surface area (Å²) in [6, 6.07) is -0.986. The van der Waals surface area contributed by atoms with Crippen molar-refractivity contribution in [2.24, 2.45) is 0 Å². The third kappa shape index (κ3) is 2.50. The predicted octanol–water partition coefficient (Wildman–Crippen LogP) is 1.89. The number of halogens is 3. The topological polar surface area (TPSA) is 63.8 Å². The van der Waals surface area contributed by atoms with Gasteiger partial charge in [0.15, 0.2) is 0 Å². The Hall–Kier alpha value is -0.980. The van der Waals surface area contributed by atoms with Crippen molar-refractivity contribution in [2.45, 2.75) is 19.4 Å². The Balaban J connectivity index is 2.82. The van der Waals surface area contributed by atoms with Crippen molar-refractivity contribution in [2.75, 3.05) is 11.1 Å². The number of rotatable bonds is 3. The molecule has 7 heteroatoms. The van der Waals surface area contributed by atoms with E-state index in [0.717, 1.165) is 0 Å². The van der Waals surface area contributed by atoms with Crippen LogP contribution in [0.4, 0.5) is 20.4 Å². The van der Waals surface area contributed by atoms with E-state index < -0.39 is 12.5 Å². The number of aromatic nitrogens is 2. The largest absolute Gasteiger partial charge is 0.383 e. The van der Waals surface area contributed by atoms with E-state index in [1.165, 1.54) is 13.3 Å². The zero-order valence-electron chi connectivity index (χ0n) is 7.34. The van der Waals surface area contributed by atoms with Gasteiger partial charge < -0.3 is 11.1 Å². The zero-order valence-corrected chi connectivity index (χ0v) is 8.92. The maximum Gasteiger partial charge on any atom is 0.258 e. The van der Waals surface area contributed by atoms with Crippen LogP contribution in [0, 0.1) is 0 Å². The van der Waals surface area contributed by atoms with Gasteiger partial charge in [0.25, 0.3) is 6.43 Å². The molecule has 14 heavy (non-hydrogen) atoms. The molecule has 1 atom stereocenters. The van der Waals surface area contributed by atoms with E-state index >= 15 is 0 Å². The van der Waals surface area contributed by atoms with Crippen LogP contribution in [0.15, 0.2) is 10.8 Å². The van der Waals surface area contributed by atoms with Gasteiger partial charge in [-0.15, -0.1) is 0 Å². The minimum Gasteiger partial charge on any atom is -0.383 e. The standard InChI is InChI=1S/C7H9BrF2N4/c1-3(5(9)10)14-7-4(8)6(11)12-2-13-7/h2-3,5H,1H3,(H3,11,12,13,14). The van der Waals surface area contributed by atoms with Gasteiger partial charge >= 0.3 is 0 Å². The Bertz CT molecular complexity index is 321. The minimum atomic E-state index is -2.46. The number of nitrogens with two attached hydrogens (primary N) is 1. The number of hydrogen-bond donors (Lipinski definition) is 2. The van der Waals surface area contributed by atoms with Gasteiger partial charge in [0.2, 0.25) is 0 Å². The van der Waals surface area contributed by atoms with E-state index in [1.54, 1.807) is 0 Å². The van der Waals surface area contributed by atoms with Crippen LogP contribution < -0.4 is 11.1 Å². The SMILES string of the molecule is CC(Nc1ncnc(N)c1Br)C(F)F. The first-order valence-corrected chi connectivity index (χ1v) is 4.62. The molecule has 0 fully saturated rings. The molecule has 0 aliphatic carbocycles. The number of nitrogen functional groups attached to an aromatic ring is 1. The summed E-state index contributed by atoms with van der Waals surface area (Å²) < 4.78 is 24.8. The maximum atomic E-state index is 12.2. The maximum absolute atomic E-state index is 12.2. The lowest BCUT2D eigenvalue weighted by Gasteiger charge is -2.14. The van der Waals surface area contributed by atoms with Crippen molar-refractivity contribution < 1.29 is 8.78 Å². The first kappa shape index (κ1) is 11.1. The first-order chi connectivity index (χ1) is 6.52. The highest BCUT2D eigenvalue weighted by atomic mass is 79.9. The van der Waals surface area contributed by atoms with E-state index in [-0.39, 0.29) is 11.6 Å². The molecule has 4 nitrogen and oxygen atoms in total. The molecule has 0 aliphatic heterocycles. The van der Waals surface area contributed by atoms with Crippen LogP contribution in [0.5, 0.6) is 0 Å². The normalized spacial score (nSPS) is 12.9. The average molecular weight is 267 g/mol. The monoisotopic (exact) mass is 266 g/mol. The van der Waals surface area contributed by atoms with Gasteiger partial charge in [0.1, 0.15) is 22.4 Å². The number of nitrogens with zero attached hydrogens (tertiary/aromatic N) is 2. The van der Waals surface area contributed by atoms with E-state index in [2.05, 4.69) is 31.2 Å². The lowest BCUT2D eigenvalue weighted by Crippen LogP contribution is -2.24. The lowest BCUT2D eigenvalue weighted by molar-refractivity contribution is 0.130. The molecule has 78 valence electrons. The molecule has 1 aromatic rings. The van der Waals surface area contributed by atoms with E-state index in [9.17, 15) is 8.78 Å². The molecule has 1 unspecified atom stereocenters. The van der Waals surface area contributed by atoms with Crippen LogP contribution in [0.25, 0.3) is 0 Å².